The first-order chi connectivity index (χ1) is 11.7. The number of hydrogen-bond donors (Lipinski definition) is 1. The van der Waals surface area contributed by atoms with E-state index in [0.29, 0.717) is 17.9 Å². The van der Waals surface area contributed by atoms with E-state index in [1.165, 1.54) is 37.1 Å². The molecule has 3 fully saturated rings. The Bertz CT molecular complexity index is 642. The lowest BCUT2D eigenvalue weighted by molar-refractivity contribution is 0.00215. The predicted octanol–water partition coefficient (Wildman–Crippen LogP) is 3.40. The van der Waals surface area contributed by atoms with E-state index in [1.807, 2.05) is 0 Å². The summed E-state index contributed by atoms with van der Waals surface area (Å²) in [4.78, 5) is 2.70. The highest BCUT2D eigenvalue weighted by atomic mass is 16.5. The molecular formula is C21H28N2O. The number of nitrogens with zero attached hydrogens (tertiary/aromatic N) is 1. The molecule has 0 radical (unpaired) electrons. The molecule has 0 amide bonds. The lowest BCUT2D eigenvalue weighted by Gasteiger charge is -2.51. The minimum absolute atomic E-state index is 0.281. The fraction of sp³-hybridized carbons (Fsp3) is 0.524. The number of allylic oxidation sites excluding steroid dienone is 2. The number of hydrogen-bond acceptors (Lipinski definition) is 3. The molecule has 2 bridgehead atoms. The maximum Gasteiger partial charge on any atom is 0.119 e. The zero-order valence-corrected chi connectivity index (χ0v) is 14.7. The molecule has 5 rings (SSSR count). The minimum Gasteiger partial charge on any atom is -0.497 e. The predicted molar refractivity (Wildman–Crippen MR) is 98.3 cm³/mol. The van der Waals surface area contributed by atoms with Gasteiger partial charge in [-0.1, -0.05) is 19.1 Å². The Morgan fingerprint density at radius 2 is 2.29 bits per heavy atom. The molecule has 0 aromatic carbocycles. The van der Waals surface area contributed by atoms with Crippen molar-refractivity contribution in [1.82, 2.24) is 10.2 Å². The summed E-state index contributed by atoms with van der Waals surface area (Å²) >= 11 is 0. The zero-order valence-electron chi connectivity index (χ0n) is 14.7. The summed E-state index contributed by atoms with van der Waals surface area (Å²) in [5.41, 5.74) is 2.83. The van der Waals surface area contributed by atoms with Gasteiger partial charge in [0.05, 0.1) is 13.2 Å². The quantitative estimate of drug-likeness (QED) is 0.802. The van der Waals surface area contributed by atoms with Crippen molar-refractivity contribution in [2.75, 3.05) is 20.2 Å². The SMILES string of the molecule is C=CC1CN2CCC1CC2C(C)C1=C2C=C(OC)C=CC2NC=C1. The normalized spacial score (nSPS) is 38.2. The second-order valence-electron chi connectivity index (χ2n) is 7.53. The van der Waals surface area contributed by atoms with Gasteiger partial charge >= 0.3 is 0 Å². The van der Waals surface area contributed by atoms with Crippen molar-refractivity contribution in [3.63, 3.8) is 0 Å². The van der Waals surface area contributed by atoms with Gasteiger partial charge in [0, 0.05) is 12.6 Å². The van der Waals surface area contributed by atoms with Gasteiger partial charge in [-0.3, -0.25) is 4.90 Å². The Balaban J connectivity index is 1.62. The van der Waals surface area contributed by atoms with Crippen molar-refractivity contribution in [2.24, 2.45) is 17.8 Å². The van der Waals surface area contributed by atoms with E-state index in [4.69, 9.17) is 4.74 Å². The third kappa shape index (κ3) is 2.55. The monoisotopic (exact) mass is 324 g/mol. The number of fused-ring (bicyclic) bond motifs is 4. The lowest BCUT2D eigenvalue weighted by atomic mass is 9.70. The van der Waals surface area contributed by atoms with Gasteiger partial charge in [0.1, 0.15) is 5.76 Å². The molecule has 6 atom stereocenters. The van der Waals surface area contributed by atoms with Gasteiger partial charge in [-0.2, -0.15) is 0 Å². The van der Waals surface area contributed by atoms with Gasteiger partial charge in [-0.15, -0.1) is 6.58 Å². The molecule has 4 aliphatic heterocycles. The van der Waals surface area contributed by atoms with Crippen LogP contribution in [0.5, 0.6) is 0 Å². The van der Waals surface area contributed by atoms with Crippen LogP contribution in [0, 0.1) is 17.8 Å². The summed E-state index contributed by atoms with van der Waals surface area (Å²) in [6, 6.07) is 0.930. The van der Waals surface area contributed by atoms with E-state index >= 15 is 0 Å². The Morgan fingerprint density at radius 3 is 3.00 bits per heavy atom. The van der Waals surface area contributed by atoms with E-state index in [2.05, 4.69) is 60.3 Å². The summed E-state index contributed by atoms with van der Waals surface area (Å²) in [7, 11) is 1.74. The van der Waals surface area contributed by atoms with Gasteiger partial charge in [0.25, 0.3) is 0 Å². The van der Waals surface area contributed by atoms with Crippen molar-refractivity contribution in [3.05, 3.63) is 60.1 Å². The van der Waals surface area contributed by atoms with Crippen molar-refractivity contribution < 1.29 is 4.74 Å². The lowest BCUT2D eigenvalue weighted by Crippen LogP contribution is -2.55. The van der Waals surface area contributed by atoms with E-state index in [0.717, 1.165) is 11.7 Å². The molecule has 1 aliphatic carbocycles. The smallest absolute Gasteiger partial charge is 0.119 e. The second-order valence-corrected chi connectivity index (χ2v) is 7.53. The van der Waals surface area contributed by atoms with Crippen LogP contribution in [0.3, 0.4) is 0 Å². The number of ether oxygens (including phenoxy) is 1. The third-order valence-corrected chi connectivity index (χ3v) is 6.42. The summed E-state index contributed by atoms with van der Waals surface area (Å²) in [5, 5.41) is 3.45. The molecule has 3 nitrogen and oxygen atoms in total. The van der Waals surface area contributed by atoms with Crippen LogP contribution in [0.25, 0.3) is 0 Å². The van der Waals surface area contributed by atoms with Crippen LogP contribution in [-0.2, 0) is 4.74 Å². The molecule has 128 valence electrons. The molecule has 3 saturated heterocycles. The molecule has 6 unspecified atom stereocenters. The van der Waals surface area contributed by atoms with Crippen LogP contribution in [0.2, 0.25) is 0 Å². The molecule has 0 saturated carbocycles. The minimum atomic E-state index is 0.281. The van der Waals surface area contributed by atoms with Crippen LogP contribution in [0.1, 0.15) is 19.8 Å². The molecule has 3 heteroatoms. The van der Waals surface area contributed by atoms with Crippen molar-refractivity contribution >= 4 is 0 Å². The third-order valence-electron chi connectivity index (χ3n) is 6.42. The maximum absolute atomic E-state index is 5.46. The zero-order chi connectivity index (χ0) is 16.7. The summed E-state index contributed by atoms with van der Waals surface area (Å²) in [6.45, 7) is 8.89. The maximum atomic E-state index is 5.46. The number of piperidine rings is 3. The standard InChI is InChI=1S/C21H28N2O/c1-4-15-13-23-10-8-16(15)11-21(23)14(2)18-7-9-22-20-6-5-17(24-3)12-19(18)20/h4-7,9,12,14-16,20-22H,1,8,10-11,13H2,2-3H3. The summed E-state index contributed by atoms with van der Waals surface area (Å²) in [6.07, 6.45) is 15.7. The molecule has 0 spiro atoms. The number of dihydropyridines is 1. The Hall–Kier alpha value is -1.74. The summed E-state index contributed by atoms with van der Waals surface area (Å²) < 4.78 is 5.46. The first-order valence-corrected chi connectivity index (χ1v) is 9.18. The van der Waals surface area contributed by atoms with E-state index < -0.39 is 0 Å². The van der Waals surface area contributed by atoms with Gasteiger partial charge < -0.3 is 10.1 Å². The number of methoxy groups -OCH3 is 1. The van der Waals surface area contributed by atoms with E-state index in [-0.39, 0.29) is 6.04 Å². The Labute approximate surface area is 145 Å². The molecule has 5 aliphatic rings. The van der Waals surface area contributed by atoms with Gasteiger partial charge in [-0.25, -0.2) is 0 Å². The number of nitrogens with one attached hydrogen (secondary N) is 1. The van der Waals surface area contributed by atoms with E-state index in [9.17, 15) is 0 Å². The highest BCUT2D eigenvalue weighted by Crippen LogP contribution is 2.42. The second kappa shape index (κ2) is 6.29. The van der Waals surface area contributed by atoms with Gasteiger partial charge in [0.15, 0.2) is 0 Å². The fourth-order valence-electron chi connectivity index (χ4n) is 4.98. The molecule has 4 heterocycles. The molecule has 24 heavy (non-hydrogen) atoms. The molecule has 0 aromatic heterocycles. The first kappa shape index (κ1) is 15.8. The average Bonchev–Trinajstić information content (AvgIpc) is 2.66. The van der Waals surface area contributed by atoms with Crippen LogP contribution in [0.15, 0.2) is 60.1 Å². The highest BCUT2D eigenvalue weighted by molar-refractivity contribution is 5.49. The van der Waals surface area contributed by atoms with Crippen LogP contribution in [0.4, 0.5) is 0 Å². The Morgan fingerprint density at radius 1 is 1.42 bits per heavy atom. The first-order valence-electron chi connectivity index (χ1n) is 9.18. The van der Waals surface area contributed by atoms with Gasteiger partial charge in [0.2, 0.25) is 0 Å². The molecule has 0 aromatic rings. The highest BCUT2D eigenvalue weighted by Gasteiger charge is 2.42. The fourth-order valence-corrected chi connectivity index (χ4v) is 4.98. The molecular weight excluding hydrogens is 296 g/mol. The number of rotatable bonds is 4. The Kier molecular flexibility index (Phi) is 4.13. The van der Waals surface area contributed by atoms with Crippen LogP contribution in [-0.4, -0.2) is 37.2 Å². The topological polar surface area (TPSA) is 24.5 Å². The van der Waals surface area contributed by atoms with Crippen molar-refractivity contribution in [1.29, 1.82) is 0 Å². The average molecular weight is 324 g/mol. The largest absolute Gasteiger partial charge is 0.497 e. The molecule has 1 N–H and O–H groups in total. The van der Waals surface area contributed by atoms with Crippen LogP contribution < -0.4 is 5.32 Å². The van der Waals surface area contributed by atoms with Crippen molar-refractivity contribution in [3.8, 4) is 0 Å². The van der Waals surface area contributed by atoms with Crippen molar-refractivity contribution in [2.45, 2.75) is 31.8 Å². The summed E-state index contributed by atoms with van der Waals surface area (Å²) in [5.74, 6) is 2.99. The van der Waals surface area contributed by atoms with Gasteiger partial charge in [-0.05, 0) is 72.7 Å². The van der Waals surface area contributed by atoms with E-state index in [1.54, 1.807) is 7.11 Å². The van der Waals surface area contributed by atoms with Crippen LogP contribution >= 0.6 is 0 Å².